The Morgan fingerprint density at radius 1 is 1.31 bits per heavy atom. The molecule has 3 rings (SSSR count). The number of hydrogen-bond acceptors (Lipinski definition) is 1. The van der Waals surface area contributed by atoms with Crippen LogP contribution in [0.15, 0.2) is 18.2 Å². The van der Waals surface area contributed by atoms with Crippen molar-refractivity contribution in [1.82, 2.24) is 5.32 Å². The Balaban J connectivity index is 1.71. The van der Waals surface area contributed by atoms with Gasteiger partial charge in [-0.3, -0.25) is 0 Å². The van der Waals surface area contributed by atoms with Gasteiger partial charge in [0.15, 0.2) is 0 Å². The highest BCUT2D eigenvalue weighted by Gasteiger charge is 2.30. The topological polar surface area (TPSA) is 12.0 Å². The zero-order valence-electron chi connectivity index (χ0n) is 9.67. The molecule has 1 aromatic carbocycles. The van der Waals surface area contributed by atoms with Crippen molar-refractivity contribution >= 4 is 11.6 Å². The smallest absolute Gasteiger partial charge is 0.0408 e. The lowest BCUT2D eigenvalue weighted by molar-refractivity contribution is 0.222. The van der Waals surface area contributed by atoms with E-state index in [1.807, 2.05) is 6.07 Å². The van der Waals surface area contributed by atoms with Gasteiger partial charge in [-0.2, -0.15) is 0 Å². The lowest BCUT2D eigenvalue weighted by Crippen LogP contribution is -2.41. The lowest BCUT2D eigenvalue weighted by Gasteiger charge is -2.35. The van der Waals surface area contributed by atoms with Crippen LogP contribution in [0.1, 0.15) is 43.4 Å². The molecular formula is C14H18ClN. The molecule has 1 nitrogen and oxygen atoms in total. The summed E-state index contributed by atoms with van der Waals surface area (Å²) in [7, 11) is 0. The van der Waals surface area contributed by atoms with Crippen molar-refractivity contribution in [3.05, 3.63) is 34.3 Å². The molecule has 0 spiro atoms. The van der Waals surface area contributed by atoms with Gasteiger partial charge in [0.2, 0.25) is 0 Å². The fourth-order valence-corrected chi connectivity index (χ4v) is 3.28. The van der Waals surface area contributed by atoms with E-state index in [0.717, 1.165) is 17.0 Å². The molecule has 1 aromatic rings. The number of hydrogen-bond donors (Lipinski definition) is 1. The molecule has 0 amide bonds. The summed E-state index contributed by atoms with van der Waals surface area (Å²) in [6, 6.07) is 7.67. The Bertz CT molecular complexity index is 396. The summed E-state index contributed by atoms with van der Waals surface area (Å²) < 4.78 is 0. The number of benzene rings is 1. The number of aryl methyl sites for hydroxylation is 1. The first kappa shape index (κ1) is 10.6. The predicted molar refractivity (Wildman–Crippen MR) is 67.8 cm³/mol. The van der Waals surface area contributed by atoms with Crippen LogP contribution in [-0.2, 0) is 6.42 Å². The van der Waals surface area contributed by atoms with Crippen molar-refractivity contribution < 1.29 is 0 Å². The largest absolute Gasteiger partial charge is 0.307 e. The van der Waals surface area contributed by atoms with Crippen molar-refractivity contribution in [3.8, 4) is 0 Å². The summed E-state index contributed by atoms with van der Waals surface area (Å²) in [5.41, 5.74) is 2.92. The van der Waals surface area contributed by atoms with Gasteiger partial charge in [-0.1, -0.05) is 24.6 Å². The van der Waals surface area contributed by atoms with E-state index in [9.17, 15) is 0 Å². The maximum atomic E-state index is 6.01. The first-order valence-corrected chi connectivity index (χ1v) is 6.64. The van der Waals surface area contributed by atoms with Crippen molar-refractivity contribution in [2.45, 2.75) is 44.7 Å². The molecule has 2 aliphatic carbocycles. The molecule has 1 saturated carbocycles. The molecular weight excluding hydrogens is 218 g/mol. The van der Waals surface area contributed by atoms with Crippen LogP contribution in [0.5, 0.6) is 0 Å². The van der Waals surface area contributed by atoms with Gasteiger partial charge in [-0.15, -0.1) is 0 Å². The Kier molecular flexibility index (Phi) is 2.68. The number of halogens is 1. The van der Waals surface area contributed by atoms with Crippen molar-refractivity contribution in [2.75, 3.05) is 0 Å². The van der Waals surface area contributed by atoms with E-state index >= 15 is 0 Å². The highest BCUT2D eigenvalue weighted by atomic mass is 35.5. The summed E-state index contributed by atoms with van der Waals surface area (Å²) >= 11 is 6.01. The van der Waals surface area contributed by atoms with Crippen LogP contribution < -0.4 is 5.32 Å². The normalized spacial score (nSPS) is 32.2. The van der Waals surface area contributed by atoms with Gasteiger partial charge in [0.05, 0.1) is 0 Å². The highest BCUT2D eigenvalue weighted by Crippen LogP contribution is 2.36. The third-order valence-electron chi connectivity index (χ3n) is 3.99. The van der Waals surface area contributed by atoms with E-state index in [1.165, 1.54) is 36.8 Å². The van der Waals surface area contributed by atoms with Gasteiger partial charge in [-0.25, -0.2) is 0 Å². The van der Waals surface area contributed by atoms with E-state index in [0.29, 0.717) is 6.04 Å². The molecule has 0 radical (unpaired) electrons. The molecule has 1 fully saturated rings. The summed E-state index contributed by atoms with van der Waals surface area (Å²) in [4.78, 5) is 0. The van der Waals surface area contributed by atoms with Crippen molar-refractivity contribution in [2.24, 2.45) is 5.92 Å². The van der Waals surface area contributed by atoms with E-state index in [-0.39, 0.29) is 0 Å². The fraction of sp³-hybridized carbons (Fsp3) is 0.571. The van der Waals surface area contributed by atoms with E-state index < -0.39 is 0 Å². The quantitative estimate of drug-likeness (QED) is 0.824. The van der Waals surface area contributed by atoms with Gasteiger partial charge in [0.1, 0.15) is 0 Å². The molecule has 1 unspecified atom stereocenters. The SMILES string of the molecule is CC1CC(NC2CCc3cc(Cl)ccc32)C1. The molecule has 0 aliphatic heterocycles. The number of rotatable bonds is 2. The number of nitrogens with one attached hydrogen (secondary N) is 1. The predicted octanol–water partition coefficient (Wildman–Crippen LogP) is 3.72. The van der Waals surface area contributed by atoms with Crippen LogP contribution in [0.2, 0.25) is 5.02 Å². The average molecular weight is 236 g/mol. The highest BCUT2D eigenvalue weighted by molar-refractivity contribution is 6.30. The third-order valence-corrected chi connectivity index (χ3v) is 4.23. The molecule has 1 N–H and O–H groups in total. The van der Waals surface area contributed by atoms with Crippen LogP contribution >= 0.6 is 11.6 Å². The Morgan fingerprint density at radius 2 is 2.12 bits per heavy atom. The molecule has 1 atom stereocenters. The van der Waals surface area contributed by atoms with Gasteiger partial charge >= 0.3 is 0 Å². The molecule has 16 heavy (non-hydrogen) atoms. The standard InChI is InChI=1S/C14H18ClN/c1-9-6-12(7-9)16-14-5-2-10-8-11(15)3-4-13(10)14/h3-4,8-9,12,14,16H,2,5-7H2,1H3. The third kappa shape index (κ3) is 1.87. The van der Waals surface area contributed by atoms with Crippen LogP contribution in [-0.4, -0.2) is 6.04 Å². The summed E-state index contributed by atoms with van der Waals surface area (Å²) in [6.45, 7) is 2.33. The average Bonchev–Trinajstić information content (AvgIpc) is 2.58. The van der Waals surface area contributed by atoms with E-state index in [4.69, 9.17) is 11.6 Å². The van der Waals surface area contributed by atoms with Crippen LogP contribution in [0, 0.1) is 5.92 Å². The molecule has 0 saturated heterocycles. The molecule has 86 valence electrons. The molecule has 2 heteroatoms. The minimum absolute atomic E-state index is 0.574. The van der Waals surface area contributed by atoms with Crippen LogP contribution in [0.4, 0.5) is 0 Å². The fourth-order valence-electron chi connectivity index (χ4n) is 3.08. The summed E-state index contributed by atoms with van der Waals surface area (Å²) in [5.74, 6) is 0.920. The second-order valence-electron chi connectivity index (χ2n) is 5.37. The first-order chi connectivity index (χ1) is 7.72. The zero-order valence-corrected chi connectivity index (χ0v) is 10.4. The molecule has 2 aliphatic rings. The van der Waals surface area contributed by atoms with Gasteiger partial charge in [0.25, 0.3) is 0 Å². The second kappa shape index (κ2) is 4.05. The second-order valence-corrected chi connectivity index (χ2v) is 5.81. The maximum absolute atomic E-state index is 6.01. The van der Waals surface area contributed by atoms with E-state index in [2.05, 4.69) is 24.4 Å². The molecule has 0 heterocycles. The van der Waals surface area contributed by atoms with Crippen LogP contribution in [0.3, 0.4) is 0 Å². The lowest BCUT2D eigenvalue weighted by atomic mass is 9.81. The van der Waals surface area contributed by atoms with Crippen molar-refractivity contribution in [3.63, 3.8) is 0 Å². The van der Waals surface area contributed by atoms with Gasteiger partial charge in [0, 0.05) is 17.1 Å². The van der Waals surface area contributed by atoms with E-state index in [1.54, 1.807) is 0 Å². The summed E-state index contributed by atoms with van der Waals surface area (Å²) in [6.07, 6.45) is 5.11. The molecule has 0 bridgehead atoms. The van der Waals surface area contributed by atoms with Gasteiger partial charge < -0.3 is 5.32 Å². The maximum Gasteiger partial charge on any atom is 0.0408 e. The Morgan fingerprint density at radius 3 is 2.88 bits per heavy atom. The molecule has 0 aromatic heterocycles. The van der Waals surface area contributed by atoms with Gasteiger partial charge in [-0.05, 0) is 54.9 Å². The first-order valence-electron chi connectivity index (χ1n) is 6.27. The zero-order chi connectivity index (χ0) is 11.1. The minimum atomic E-state index is 0.574. The number of fused-ring (bicyclic) bond motifs is 1. The Hall–Kier alpha value is -0.530. The van der Waals surface area contributed by atoms with Crippen LogP contribution in [0.25, 0.3) is 0 Å². The monoisotopic (exact) mass is 235 g/mol. The summed E-state index contributed by atoms with van der Waals surface area (Å²) in [5, 5.41) is 4.65. The Labute approximate surface area is 102 Å². The minimum Gasteiger partial charge on any atom is -0.307 e. The van der Waals surface area contributed by atoms with Crippen molar-refractivity contribution in [1.29, 1.82) is 0 Å².